The van der Waals surface area contributed by atoms with Crippen molar-refractivity contribution in [3.05, 3.63) is 83.4 Å². The van der Waals surface area contributed by atoms with Gasteiger partial charge in [-0.1, -0.05) is 42.5 Å². The smallest absolute Gasteiger partial charge is 0.191 e. The first-order valence-corrected chi connectivity index (χ1v) is 11.0. The maximum absolute atomic E-state index is 5.58. The summed E-state index contributed by atoms with van der Waals surface area (Å²) >= 11 is 0. The molecule has 1 aliphatic heterocycles. The van der Waals surface area contributed by atoms with E-state index in [1.165, 1.54) is 16.7 Å². The quantitative estimate of drug-likeness (QED) is 0.414. The Labute approximate surface area is 184 Å². The summed E-state index contributed by atoms with van der Waals surface area (Å²) in [6, 6.07) is 17.1. The van der Waals surface area contributed by atoms with Crippen LogP contribution in [0.5, 0.6) is 5.75 Å². The lowest BCUT2D eigenvalue weighted by atomic mass is 10.1. The van der Waals surface area contributed by atoms with E-state index in [1.807, 2.05) is 6.20 Å². The highest BCUT2D eigenvalue weighted by atomic mass is 16.5. The van der Waals surface area contributed by atoms with Crippen molar-refractivity contribution in [2.75, 3.05) is 20.2 Å². The number of rotatable bonds is 9. The van der Waals surface area contributed by atoms with Crippen molar-refractivity contribution in [1.82, 2.24) is 20.2 Å². The van der Waals surface area contributed by atoms with Gasteiger partial charge >= 0.3 is 0 Å². The van der Waals surface area contributed by atoms with E-state index in [2.05, 4.69) is 79.9 Å². The molecule has 0 atom stereocenters. The Morgan fingerprint density at radius 3 is 2.87 bits per heavy atom. The zero-order chi connectivity index (χ0) is 21.3. The molecule has 1 aliphatic rings. The Morgan fingerprint density at radius 2 is 2.00 bits per heavy atom. The fraction of sp³-hybridized carbons (Fsp3) is 0.360. The van der Waals surface area contributed by atoms with E-state index in [1.54, 1.807) is 7.05 Å². The van der Waals surface area contributed by atoms with Crippen LogP contribution in [0, 0.1) is 0 Å². The molecule has 4 rings (SSSR count). The van der Waals surface area contributed by atoms with Crippen LogP contribution in [-0.2, 0) is 32.4 Å². The summed E-state index contributed by atoms with van der Waals surface area (Å²) in [5.74, 6) is 2.85. The van der Waals surface area contributed by atoms with Gasteiger partial charge in [0.2, 0.25) is 0 Å². The highest BCUT2D eigenvalue weighted by molar-refractivity contribution is 5.79. The molecule has 2 N–H and O–H groups in total. The Kier molecular flexibility index (Phi) is 7.21. The van der Waals surface area contributed by atoms with Gasteiger partial charge in [-0.05, 0) is 42.0 Å². The summed E-state index contributed by atoms with van der Waals surface area (Å²) in [5, 5.41) is 6.79. The third-order valence-electron chi connectivity index (χ3n) is 5.61. The van der Waals surface area contributed by atoms with Crippen molar-refractivity contribution in [2.45, 2.75) is 38.8 Å². The molecule has 6 nitrogen and oxygen atoms in total. The zero-order valence-electron chi connectivity index (χ0n) is 18.2. The largest absolute Gasteiger partial charge is 0.493 e. The van der Waals surface area contributed by atoms with Crippen molar-refractivity contribution >= 4 is 5.96 Å². The highest BCUT2D eigenvalue weighted by Gasteiger charge is 2.12. The fourth-order valence-electron chi connectivity index (χ4n) is 3.91. The fourth-order valence-corrected chi connectivity index (χ4v) is 3.91. The molecule has 0 radical (unpaired) electrons. The molecule has 3 aromatic rings. The molecule has 2 heterocycles. The minimum Gasteiger partial charge on any atom is -0.493 e. The van der Waals surface area contributed by atoms with Crippen LogP contribution in [0.15, 0.2) is 65.9 Å². The van der Waals surface area contributed by atoms with Crippen LogP contribution in [-0.4, -0.2) is 35.7 Å². The van der Waals surface area contributed by atoms with E-state index < -0.39 is 0 Å². The first kappa shape index (κ1) is 21.0. The molecule has 0 saturated heterocycles. The van der Waals surface area contributed by atoms with Crippen LogP contribution in [0.25, 0.3) is 0 Å². The monoisotopic (exact) mass is 417 g/mol. The maximum atomic E-state index is 5.58. The first-order chi connectivity index (χ1) is 15.3. The second-order valence-electron chi connectivity index (χ2n) is 7.77. The molecule has 0 saturated carbocycles. The van der Waals surface area contributed by atoms with E-state index in [0.717, 1.165) is 62.9 Å². The van der Waals surface area contributed by atoms with E-state index in [4.69, 9.17) is 4.74 Å². The average molecular weight is 418 g/mol. The second kappa shape index (κ2) is 10.7. The molecule has 162 valence electrons. The number of aryl methyl sites for hydroxylation is 2. The highest BCUT2D eigenvalue weighted by Crippen LogP contribution is 2.25. The SMILES string of the molecule is CN=C(NCCc1ccc2c(c1)CCO2)NCc1nccn1CCCc1ccccc1. The van der Waals surface area contributed by atoms with Gasteiger partial charge in [-0.3, -0.25) is 4.99 Å². The van der Waals surface area contributed by atoms with Gasteiger partial charge in [-0.15, -0.1) is 0 Å². The lowest BCUT2D eigenvalue weighted by Crippen LogP contribution is -2.38. The lowest BCUT2D eigenvalue weighted by molar-refractivity contribution is 0.357. The van der Waals surface area contributed by atoms with Crippen LogP contribution >= 0.6 is 0 Å². The number of ether oxygens (including phenoxy) is 1. The van der Waals surface area contributed by atoms with Gasteiger partial charge in [0, 0.05) is 39.0 Å². The van der Waals surface area contributed by atoms with E-state index in [0.29, 0.717) is 6.54 Å². The summed E-state index contributed by atoms with van der Waals surface area (Å²) < 4.78 is 7.80. The molecule has 31 heavy (non-hydrogen) atoms. The van der Waals surface area contributed by atoms with Crippen LogP contribution < -0.4 is 15.4 Å². The van der Waals surface area contributed by atoms with Crippen LogP contribution in [0.1, 0.15) is 28.9 Å². The number of hydrogen-bond donors (Lipinski definition) is 2. The normalized spacial score (nSPS) is 13.0. The van der Waals surface area contributed by atoms with Gasteiger partial charge in [-0.25, -0.2) is 4.98 Å². The summed E-state index contributed by atoms with van der Waals surface area (Å²) in [4.78, 5) is 8.86. The standard InChI is InChI=1S/C25H31N5O/c1-26-25(28-13-11-21-9-10-23-22(18-21)12-17-31-23)29-19-24-27-14-16-30(24)15-5-8-20-6-3-2-4-7-20/h2-4,6-7,9-10,14,16,18H,5,8,11-13,15,17,19H2,1H3,(H2,26,28,29). The average Bonchev–Trinajstić information content (AvgIpc) is 3.46. The van der Waals surface area contributed by atoms with Crippen LogP contribution in [0.3, 0.4) is 0 Å². The van der Waals surface area contributed by atoms with Gasteiger partial charge in [-0.2, -0.15) is 0 Å². The molecule has 0 amide bonds. The number of aliphatic imine (C=N–C) groups is 1. The summed E-state index contributed by atoms with van der Waals surface area (Å²) in [6.45, 7) is 3.23. The van der Waals surface area contributed by atoms with Crippen molar-refractivity contribution in [2.24, 2.45) is 4.99 Å². The molecule has 0 aliphatic carbocycles. The molecular weight excluding hydrogens is 386 g/mol. The van der Waals surface area contributed by atoms with Crippen LogP contribution in [0.4, 0.5) is 0 Å². The Bertz CT molecular complexity index is 996. The Hall–Kier alpha value is -3.28. The van der Waals surface area contributed by atoms with Crippen LogP contribution in [0.2, 0.25) is 0 Å². The number of nitrogens with zero attached hydrogens (tertiary/aromatic N) is 3. The molecule has 1 aromatic heterocycles. The lowest BCUT2D eigenvalue weighted by Gasteiger charge is -2.13. The van der Waals surface area contributed by atoms with Gasteiger partial charge in [0.1, 0.15) is 11.6 Å². The minimum atomic E-state index is 0.647. The number of hydrogen-bond acceptors (Lipinski definition) is 3. The number of fused-ring (bicyclic) bond motifs is 1. The number of aromatic nitrogens is 2. The minimum absolute atomic E-state index is 0.647. The molecule has 6 heteroatoms. The Morgan fingerprint density at radius 1 is 1.10 bits per heavy atom. The molecule has 0 spiro atoms. The predicted octanol–water partition coefficient (Wildman–Crippen LogP) is 3.36. The van der Waals surface area contributed by atoms with Crippen molar-refractivity contribution in [1.29, 1.82) is 0 Å². The second-order valence-corrected chi connectivity index (χ2v) is 7.77. The van der Waals surface area contributed by atoms with Gasteiger partial charge in [0.05, 0.1) is 13.2 Å². The van der Waals surface area contributed by atoms with Gasteiger partial charge < -0.3 is 19.9 Å². The molecule has 2 aromatic carbocycles. The molecular formula is C25H31N5O. The zero-order valence-corrected chi connectivity index (χ0v) is 18.2. The predicted molar refractivity (Wildman–Crippen MR) is 125 cm³/mol. The van der Waals surface area contributed by atoms with Gasteiger partial charge in [0.25, 0.3) is 0 Å². The summed E-state index contributed by atoms with van der Waals surface area (Å²) in [6.07, 6.45) is 8.04. The summed E-state index contributed by atoms with van der Waals surface area (Å²) in [7, 11) is 1.80. The number of imidazole rings is 1. The third kappa shape index (κ3) is 5.87. The first-order valence-electron chi connectivity index (χ1n) is 11.0. The van der Waals surface area contributed by atoms with Crippen molar-refractivity contribution in [3.63, 3.8) is 0 Å². The molecule has 0 fully saturated rings. The van der Waals surface area contributed by atoms with E-state index >= 15 is 0 Å². The molecule has 0 bridgehead atoms. The van der Waals surface area contributed by atoms with E-state index in [-0.39, 0.29) is 0 Å². The number of nitrogens with one attached hydrogen (secondary N) is 2. The molecule has 0 unspecified atom stereocenters. The van der Waals surface area contributed by atoms with Crippen molar-refractivity contribution in [3.8, 4) is 5.75 Å². The third-order valence-corrected chi connectivity index (χ3v) is 5.61. The van der Waals surface area contributed by atoms with Crippen molar-refractivity contribution < 1.29 is 4.74 Å². The van der Waals surface area contributed by atoms with E-state index in [9.17, 15) is 0 Å². The Balaban J connectivity index is 1.20. The number of guanidine groups is 1. The van der Waals surface area contributed by atoms with Gasteiger partial charge in [0.15, 0.2) is 5.96 Å². The summed E-state index contributed by atoms with van der Waals surface area (Å²) in [5.41, 5.74) is 4.02. The number of benzene rings is 2. The topological polar surface area (TPSA) is 63.5 Å². The maximum Gasteiger partial charge on any atom is 0.191 e.